The van der Waals surface area contributed by atoms with E-state index in [-0.39, 0.29) is 29.8 Å². The Kier molecular flexibility index (Phi) is 11.6. The molecule has 3 atom stereocenters. The number of hydrogen-bond acceptors (Lipinski definition) is 13. The van der Waals surface area contributed by atoms with E-state index in [1.807, 2.05) is 0 Å². The number of amides is 3. The van der Waals surface area contributed by atoms with Gasteiger partial charge in [-0.3, -0.25) is 14.5 Å². The molecule has 39 heavy (non-hydrogen) atoms. The Hall–Kier alpha value is -3.34. The van der Waals surface area contributed by atoms with Crippen molar-refractivity contribution >= 4 is 57.7 Å². The highest BCUT2D eigenvalue weighted by molar-refractivity contribution is 9.09. The Morgan fingerprint density at radius 3 is 2.44 bits per heavy atom. The first kappa shape index (κ1) is 31.9. The van der Waals surface area contributed by atoms with Gasteiger partial charge in [0, 0.05) is 33.2 Å². The molecule has 0 bridgehead atoms. The average Bonchev–Trinajstić information content (AvgIpc) is 2.85. The number of esters is 1. The second kappa shape index (κ2) is 14.2. The number of aliphatic hydroxyl groups excluding tert-OH is 1. The maximum absolute atomic E-state index is 13.2. The first-order valence-electron chi connectivity index (χ1n) is 11.5. The van der Waals surface area contributed by atoms with Crippen LogP contribution < -0.4 is 5.32 Å². The van der Waals surface area contributed by atoms with E-state index >= 15 is 0 Å². The number of β-lactam (4-membered cyclic amide) rings is 1. The summed E-state index contributed by atoms with van der Waals surface area (Å²) in [5, 5.41) is 13.6. The van der Waals surface area contributed by atoms with Crippen LogP contribution in [0.5, 0.6) is 0 Å². The molecule has 2 heterocycles. The topological polar surface area (TPSA) is 190 Å². The van der Waals surface area contributed by atoms with Crippen LogP contribution in [0.4, 0.5) is 9.59 Å². The van der Waals surface area contributed by atoms with Gasteiger partial charge in [-0.25, -0.2) is 14.4 Å². The number of nitrogens with zero attached hydrogens (tertiary/aromatic N) is 3. The van der Waals surface area contributed by atoms with Crippen molar-refractivity contribution in [3.05, 3.63) is 27.6 Å². The molecule has 0 aromatic heterocycles. The lowest BCUT2D eigenvalue weighted by Gasteiger charge is -2.49. The Labute approximate surface area is 236 Å². The van der Waals surface area contributed by atoms with E-state index < -0.39 is 65.3 Å². The number of alkyl halides is 1. The van der Waals surface area contributed by atoms with Crippen LogP contribution in [0.2, 0.25) is 0 Å². The summed E-state index contributed by atoms with van der Waals surface area (Å²) in [6.07, 6.45) is -3.43. The van der Waals surface area contributed by atoms with Crippen molar-refractivity contribution in [1.29, 1.82) is 0 Å². The second-order valence-electron chi connectivity index (χ2n) is 8.60. The van der Waals surface area contributed by atoms with E-state index in [0.29, 0.717) is 5.57 Å². The van der Waals surface area contributed by atoms with E-state index in [1.165, 1.54) is 37.7 Å². The number of carbonyl (C=O) groups excluding carboxylic acids is 5. The number of allylic oxidation sites excluding steroid dienone is 1. The Bertz CT molecular complexity index is 1080. The monoisotopic (exact) mass is 636 g/mol. The maximum Gasteiger partial charge on any atom is 0.511 e. The lowest BCUT2D eigenvalue weighted by atomic mass is 10.0. The number of thioether (sulfide) groups is 1. The molecule has 3 amide bonds. The SMILES string of the molecule is CC(C)OC(=O)OC(C)OC(=O)C1=C(CCOC(=O)N(C)C)CS[C@H]2C(NC(=O)C(N=O)=C(O)CBr)C(=O)N12. The highest BCUT2D eigenvalue weighted by atomic mass is 79.9. The van der Waals surface area contributed by atoms with Gasteiger partial charge < -0.3 is 34.3 Å². The molecule has 0 saturated carbocycles. The first-order valence-corrected chi connectivity index (χ1v) is 13.7. The van der Waals surface area contributed by atoms with E-state index in [4.69, 9.17) is 18.9 Å². The molecule has 17 heteroatoms. The number of fused-ring (bicyclic) bond motifs is 1. The van der Waals surface area contributed by atoms with Gasteiger partial charge in [0.05, 0.1) is 18.0 Å². The lowest BCUT2D eigenvalue weighted by Crippen LogP contribution is -2.70. The van der Waals surface area contributed by atoms with Crippen molar-refractivity contribution in [1.82, 2.24) is 15.1 Å². The quantitative estimate of drug-likeness (QED) is 0.0491. The summed E-state index contributed by atoms with van der Waals surface area (Å²) in [4.78, 5) is 75.5. The van der Waals surface area contributed by atoms with E-state index in [9.17, 15) is 34.0 Å². The minimum atomic E-state index is -1.37. The molecular formula is C22H29BrN4O11S. The lowest BCUT2D eigenvalue weighted by molar-refractivity contribution is -0.169. The minimum Gasteiger partial charge on any atom is -0.509 e. The van der Waals surface area contributed by atoms with Crippen molar-refractivity contribution in [2.75, 3.05) is 31.8 Å². The number of nitrogens with one attached hydrogen (secondary N) is 1. The molecule has 2 aliphatic heterocycles. The summed E-state index contributed by atoms with van der Waals surface area (Å²) in [7, 11) is 3.01. The summed E-state index contributed by atoms with van der Waals surface area (Å²) >= 11 is 4.11. The fourth-order valence-electron chi connectivity index (χ4n) is 3.34. The number of nitroso groups, excluding NO2 is 1. The Morgan fingerprint density at radius 1 is 1.21 bits per heavy atom. The predicted molar refractivity (Wildman–Crippen MR) is 139 cm³/mol. The van der Waals surface area contributed by atoms with Crippen LogP contribution >= 0.6 is 27.7 Å². The fraction of sp³-hybridized carbons (Fsp3) is 0.591. The molecule has 0 aromatic carbocycles. The van der Waals surface area contributed by atoms with Gasteiger partial charge in [0.25, 0.3) is 11.8 Å². The predicted octanol–water partition coefficient (Wildman–Crippen LogP) is 2.11. The van der Waals surface area contributed by atoms with Crippen LogP contribution in [0, 0.1) is 4.91 Å². The van der Waals surface area contributed by atoms with Crippen LogP contribution in [0.25, 0.3) is 0 Å². The van der Waals surface area contributed by atoms with Crippen LogP contribution in [-0.2, 0) is 33.3 Å². The molecule has 2 unspecified atom stereocenters. The van der Waals surface area contributed by atoms with Crippen molar-refractivity contribution in [3.8, 4) is 0 Å². The third-order valence-electron chi connectivity index (χ3n) is 5.10. The Morgan fingerprint density at radius 2 is 1.87 bits per heavy atom. The number of carbonyl (C=O) groups is 5. The standard InChI is InChI=1S/C22H29BrN4O11S/c1-10(2)36-22(33)38-11(3)37-20(31)16-12(6-7-35-21(32)26(4)5)9-39-19-15(18(30)27(16)19)24-17(29)14(25-34)13(28)8-23/h10-11,15,19,28H,6-9H2,1-5H3,(H,24,29)/t11?,15?,19-/m0/s1. The van der Waals surface area contributed by atoms with Gasteiger partial charge >= 0.3 is 18.2 Å². The van der Waals surface area contributed by atoms with Crippen molar-refractivity contribution < 1.29 is 48.0 Å². The summed E-state index contributed by atoms with van der Waals surface area (Å²) < 4.78 is 20.1. The first-order chi connectivity index (χ1) is 18.3. The zero-order chi connectivity index (χ0) is 29.4. The zero-order valence-corrected chi connectivity index (χ0v) is 24.2. The zero-order valence-electron chi connectivity index (χ0n) is 21.8. The number of halogens is 1. The number of rotatable bonds is 11. The smallest absolute Gasteiger partial charge is 0.509 e. The third kappa shape index (κ3) is 8.08. The van der Waals surface area contributed by atoms with Crippen molar-refractivity contribution in [2.45, 2.75) is 51.0 Å². The van der Waals surface area contributed by atoms with Gasteiger partial charge in [-0.05, 0) is 24.6 Å². The molecule has 0 aromatic rings. The number of aliphatic hydroxyl groups is 1. The van der Waals surface area contributed by atoms with Gasteiger partial charge in [0.1, 0.15) is 22.9 Å². The van der Waals surface area contributed by atoms with Gasteiger partial charge in [-0.2, -0.15) is 0 Å². The highest BCUT2D eigenvalue weighted by Crippen LogP contribution is 2.41. The second-order valence-corrected chi connectivity index (χ2v) is 10.3. The van der Waals surface area contributed by atoms with Crippen LogP contribution in [-0.4, -0.2) is 101 Å². The molecule has 2 aliphatic rings. The van der Waals surface area contributed by atoms with Crippen LogP contribution in [0.1, 0.15) is 27.2 Å². The molecular weight excluding hydrogens is 608 g/mol. The molecule has 1 fully saturated rings. The molecule has 0 spiro atoms. The normalized spacial score (nSPS) is 19.7. The van der Waals surface area contributed by atoms with Gasteiger partial charge in [-0.15, -0.1) is 16.7 Å². The minimum absolute atomic E-state index is 0.0796. The van der Waals surface area contributed by atoms with Crippen LogP contribution in [0.15, 0.2) is 27.9 Å². The Balaban J connectivity index is 2.25. The van der Waals surface area contributed by atoms with Gasteiger partial charge in [-0.1, -0.05) is 15.9 Å². The third-order valence-corrected chi connectivity index (χ3v) is 6.97. The summed E-state index contributed by atoms with van der Waals surface area (Å²) in [5.74, 6) is -3.20. The summed E-state index contributed by atoms with van der Waals surface area (Å²) in [6, 6.07) is -1.15. The van der Waals surface area contributed by atoms with Gasteiger partial charge in [0.15, 0.2) is 0 Å². The molecule has 2 N–H and O–H groups in total. The van der Waals surface area contributed by atoms with Crippen molar-refractivity contribution in [3.63, 3.8) is 0 Å². The van der Waals surface area contributed by atoms with E-state index in [1.54, 1.807) is 13.8 Å². The van der Waals surface area contributed by atoms with E-state index in [2.05, 4.69) is 26.4 Å². The molecule has 2 rings (SSSR count). The summed E-state index contributed by atoms with van der Waals surface area (Å²) in [6.45, 7) is 4.39. The number of ether oxygens (including phenoxy) is 4. The molecule has 1 saturated heterocycles. The summed E-state index contributed by atoms with van der Waals surface area (Å²) in [5.41, 5.74) is -0.540. The number of hydrogen-bond donors (Lipinski definition) is 2. The van der Waals surface area contributed by atoms with E-state index in [0.717, 1.165) is 4.90 Å². The molecule has 0 radical (unpaired) electrons. The molecule has 15 nitrogen and oxygen atoms in total. The molecule has 0 aliphatic carbocycles. The maximum atomic E-state index is 13.2. The molecule has 216 valence electrons. The highest BCUT2D eigenvalue weighted by Gasteiger charge is 2.54. The van der Waals surface area contributed by atoms with Crippen molar-refractivity contribution in [2.24, 2.45) is 5.18 Å². The van der Waals surface area contributed by atoms with Crippen LogP contribution in [0.3, 0.4) is 0 Å². The average molecular weight is 637 g/mol. The van der Waals surface area contributed by atoms with Gasteiger partial charge in [0.2, 0.25) is 12.0 Å². The largest absolute Gasteiger partial charge is 0.511 e. The fourth-order valence-corrected chi connectivity index (χ4v) is 4.99.